The van der Waals surface area contributed by atoms with Gasteiger partial charge in [0.25, 0.3) is 0 Å². The van der Waals surface area contributed by atoms with Gasteiger partial charge in [0.05, 0.1) is 21.6 Å². The van der Waals surface area contributed by atoms with E-state index in [-0.39, 0.29) is 11.3 Å². The largest absolute Gasteiger partial charge is 0.288 e. The molecule has 0 saturated carbocycles. The van der Waals surface area contributed by atoms with Crippen LogP contribution < -0.4 is 0 Å². The van der Waals surface area contributed by atoms with Gasteiger partial charge in [0.2, 0.25) is 5.78 Å². The molecule has 0 fully saturated rings. The fourth-order valence-corrected chi connectivity index (χ4v) is 2.04. The van der Waals surface area contributed by atoms with Crippen LogP contribution in [0, 0.1) is 12.7 Å². The van der Waals surface area contributed by atoms with E-state index in [0.29, 0.717) is 10.6 Å². The Bertz CT molecular complexity index is 507. The van der Waals surface area contributed by atoms with Crippen molar-refractivity contribution in [3.05, 3.63) is 51.7 Å². The van der Waals surface area contributed by atoms with Gasteiger partial charge < -0.3 is 0 Å². The molecule has 0 spiro atoms. The monoisotopic (exact) mass is 221 g/mol. The molecule has 0 amide bonds. The molecule has 2 rings (SSSR count). The van der Waals surface area contributed by atoms with Crippen LogP contribution in [0.3, 0.4) is 0 Å². The van der Waals surface area contributed by atoms with Crippen molar-refractivity contribution >= 4 is 17.1 Å². The number of aromatic nitrogens is 1. The van der Waals surface area contributed by atoms with Crippen molar-refractivity contribution in [2.75, 3.05) is 0 Å². The first kappa shape index (κ1) is 9.98. The van der Waals surface area contributed by atoms with Gasteiger partial charge in [-0.15, -0.1) is 11.3 Å². The van der Waals surface area contributed by atoms with E-state index in [2.05, 4.69) is 4.98 Å². The first-order valence-corrected chi connectivity index (χ1v) is 5.27. The molecule has 2 nitrogen and oxygen atoms in total. The average Bonchev–Trinajstić information content (AvgIpc) is 2.64. The van der Waals surface area contributed by atoms with Gasteiger partial charge in [0, 0.05) is 0 Å². The number of carbonyl (C=O) groups excluding carboxylic acids is 1. The molecule has 0 unspecified atom stereocenters. The van der Waals surface area contributed by atoms with Gasteiger partial charge in [0.15, 0.2) is 0 Å². The minimum Gasteiger partial charge on any atom is -0.288 e. The number of benzene rings is 1. The Morgan fingerprint density at radius 2 is 2.13 bits per heavy atom. The molecule has 0 saturated heterocycles. The Hall–Kier alpha value is -1.55. The molecule has 4 heteroatoms. The smallest absolute Gasteiger partial charge is 0.207 e. The quantitative estimate of drug-likeness (QED) is 0.730. The van der Waals surface area contributed by atoms with Crippen LogP contribution in [0.1, 0.15) is 20.9 Å². The Kier molecular flexibility index (Phi) is 2.60. The minimum atomic E-state index is -0.490. The molecule has 0 radical (unpaired) electrons. The second kappa shape index (κ2) is 3.90. The van der Waals surface area contributed by atoms with Crippen molar-refractivity contribution < 1.29 is 9.18 Å². The zero-order valence-corrected chi connectivity index (χ0v) is 8.84. The predicted molar refractivity (Wildman–Crippen MR) is 56.7 cm³/mol. The van der Waals surface area contributed by atoms with Crippen LogP contribution in [0.15, 0.2) is 29.8 Å². The third-order valence-corrected chi connectivity index (χ3v) is 3.00. The summed E-state index contributed by atoms with van der Waals surface area (Å²) in [4.78, 5) is 16.3. The number of hydrogen-bond donors (Lipinski definition) is 0. The van der Waals surface area contributed by atoms with Crippen molar-refractivity contribution in [2.45, 2.75) is 6.92 Å². The summed E-state index contributed by atoms with van der Waals surface area (Å²) < 4.78 is 13.3. The molecule has 76 valence electrons. The van der Waals surface area contributed by atoms with Gasteiger partial charge in [-0.25, -0.2) is 9.37 Å². The lowest BCUT2D eigenvalue weighted by Gasteiger charge is -1.99. The summed E-state index contributed by atoms with van der Waals surface area (Å²) >= 11 is 1.23. The van der Waals surface area contributed by atoms with Crippen LogP contribution in [0.4, 0.5) is 4.39 Å². The number of thiazole rings is 1. The molecular weight excluding hydrogens is 213 g/mol. The summed E-state index contributed by atoms with van der Waals surface area (Å²) in [6.45, 7) is 1.74. The lowest BCUT2D eigenvalue weighted by Crippen LogP contribution is -2.03. The molecular formula is C11H8FNOS. The van der Waals surface area contributed by atoms with E-state index in [1.165, 1.54) is 23.5 Å². The van der Waals surface area contributed by atoms with E-state index >= 15 is 0 Å². The molecule has 0 atom stereocenters. The summed E-state index contributed by atoms with van der Waals surface area (Å²) in [6.07, 6.45) is 0. The van der Waals surface area contributed by atoms with Crippen LogP contribution in [0.25, 0.3) is 0 Å². The number of hydrogen-bond acceptors (Lipinski definition) is 3. The fraction of sp³-hybridized carbons (Fsp3) is 0.0909. The van der Waals surface area contributed by atoms with Gasteiger partial charge in [-0.05, 0) is 19.1 Å². The van der Waals surface area contributed by atoms with Crippen molar-refractivity contribution in [3.8, 4) is 0 Å². The summed E-state index contributed by atoms with van der Waals surface area (Å²) in [5, 5.41) is 0. The van der Waals surface area contributed by atoms with Crippen LogP contribution in [0.2, 0.25) is 0 Å². The number of rotatable bonds is 2. The number of ketones is 1. The van der Waals surface area contributed by atoms with Crippen LogP contribution >= 0.6 is 11.3 Å². The lowest BCUT2D eigenvalue weighted by molar-refractivity contribution is 0.103. The molecule has 0 aliphatic heterocycles. The molecule has 1 heterocycles. The minimum absolute atomic E-state index is 0.102. The van der Waals surface area contributed by atoms with Crippen LogP contribution in [-0.2, 0) is 0 Å². The summed E-state index contributed by atoms with van der Waals surface area (Å²) in [5.41, 5.74) is 2.33. The first-order valence-electron chi connectivity index (χ1n) is 4.39. The second-order valence-electron chi connectivity index (χ2n) is 3.08. The zero-order valence-electron chi connectivity index (χ0n) is 8.03. The normalized spacial score (nSPS) is 10.3. The topological polar surface area (TPSA) is 30.0 Å². The van der Waals surface area contributed by atoms with E-state index < -0.39 is 5.82 Å². The number of aryl methyl sites for hydroxylation is 1. The summed E-state index contributed by atoms with van der Waals surface area (Å²) in [7, 11) is 0. The fourth-order valence-electron chi connectivity index (χ4n) is 1.29. The zero-order chi connectivity index (χ0) is 10.8. The SMILES string of the molecule is Cc1ncsc1C(=O)c1ccccc1F. The summed E-state index contributed by atoms with van der Waals surface area (Å²) in [6, 6.07) is 5.97. The van der Waals surface area contributed by atoms with Crippen molar-refractivity contribution in [1.82, 2.24) is 4.98 Å². The average molecular weight is 221 g/mol. The first-order chi connectivity index (χ1) is 7.20. The Balaban J connectivity index is 2.46. The molecule has 0 aliphatic carbocycles. The predicted octanol–water partition coefficient (Wildman–Crippen LogP) is 2.82. The lowest BCUT2D eigenvalue weighted by atomic mass is 10.1. The van der Waals surface area contributed by atoms with Gasteiger partial charge in [-0.3, -0.25) is 4.79 Å². The number of carbonyl (C=O) groups is 1. The highest BCUT2D eigenvalue weighted by atomic mass is 32.1. The number of nitrogens with zero attached hydrogens (tertiary/aromatic N) is 1. The highest BCUT2D eigenvalue weighted by Crippen LogP contribution is 2.19. The van der Waals surface area contributed by atoms with Gasteiger partial charge in [-0.1, -0.05) is 12.1 Å². The highest BCUT2D eigenvalue weighted by molar-refractivity contribution is 7.12. The Labute approximate surface area is 90.4 Å². The maximum absolute atomic E-state index is 13.3. The molecule has 0 bridgehead atoms. The Morgan fingerprint density at radius 3 is 2.73 bits per heavy atom. The maximum Gasteiger partial charge on any atom is 0.207 e. The standard InChI is InChI=1S/C11H8FNOS/c1-7-11(15-6-13-7)10(14)8-4-2-3-5-9(8)12/h2-6H,1H3. The third kappa shape index (κ3) is 1.80. The molecule has 2 aromatic rings. The summed E-state index contributed by atoms with van der Waals surface area (Å²) in [5.74, 6) is -0.789. The van der Waals surface area contributed by atoms with Crippen molar-refractivity contribution in [3.63, 3.8) is 0 Å². The maximum atomic E-state index is 13.3. The van der Waals surface area contributed by atoms with Gasteiger partial charge in [0.1, 0.15) is 5.82 Å². The van der Waals surface area contributed by atoms with E-state index in [1.807, 2.05) is 0 Å². The molecule has 0 N–H and O–H groups in total. The molecule has 1 aromatic heterocycles. The number of halogens is 1. The van der Waals surface area contributed by atoms with Gasteiger partial charge >= 0.3 is 0 Å². The molecule has 0 aliphatic rings. The molecule has 1 aromatic carbocycles. The van der Waals surface area contributed by atoms with Crippen LogP contribution in [0.5, 0.6) is 0 Å². The van der Waals surface area contributed by atoms with Crippen molar-refractivity contribution in [1.29, 1.82) is 0 Å². The van der Waals surface area contributed by atoms with Crippen molar-refractivity contribution in [2.24, 2.45) is 0 Å². The van der Waals surface area contributed by atoms with E-state index in [9.17, 15) is 9.18 Å². The van der Waals surface area contributed by atoms with E-state index in [0.717, 1.165) is 0 Å². The van der Waals surface area contributed by atoms with Crippen LogP contribution in [-0.4, -0.2) is 10.8 Å². The Morgan fingerprint density at radius 1 is 1.40 bits per heavy atom. The third-order valence-electron chi connectivity index (χ3n) is 2.07. The molecule has 15 heavy (non-hydrogen) atoms. The second-order valence-corrected chi connectivity index (χ2v) is 3.93. The van der Waals surface area contributed by atoms with E-state index in [1.54, 1.807) is 24.6 Å². The van der Waals surface area contributed by atoms with Gasteiger partial charge in [-0.2, -0.15) is 0 Å². The highest BCUT2D eigenvalue weighted by Gasteiger charge is 2.16. The van der Waals surface area contributed by atoms with E-state index in [4.69, 9.17) is 0 Å².